The van der Waals surface area contributed by atoms with E-state index in [1.165, 1.54) is 0 Å². The van der Waals surface area contributed by atoms with Gasteiger partial charge in [0.05, 0.1) is 22.5 Å². The van der Waals surface area contributed by atoms with Gasteiger partial charge in [0, 0.05) is 24.0 Å². The molecule has 1 amide bonds. The normalized spacial score (nSPS) is 15.4. The second kappa shape index (κ2) is 10.6. The van der Waals surface area contributed by atoms with Crippen LogP contribution in [0.25, 0.3) is 39.5 Å². The number of anilines is 2. The van der Waals surface area contributed by atoms with Gasteiger partial charge in [0.1, 0.15) is 29.3 Å². The molecule has 1 aliphatic heterocycles. The number of ether oxygens (including phenoxy) is 2. The summed E-state index contributed by atoms with van der Waals surface area (Å²) in [7, 11) is 0. The lowest BCUT2D eigenvalue weighted by molar-refractivity contribution is 0.0377. The van der Waals surface area contributed by atoms with Crippen LogP contribution in [0.3, 0.4) is 0 Å². The average Bonchev–Trinajstić information content (AvgIpc) is 3.37. The Hall–Kier alpha value is -5.12. The number of nitrogens with two attached hydrogens (primary N) is 1. The highest BCUT2D eigenvalue weighted by Crippen LogP contribution is 2.42. The molecule has 4 N–H and O–H groups in total. The quantitative estimate of drug-likeness (QED) is 0.214. The molecule has 0 radical (unpaired) electrons. The molecule has 10 heteroatoms. The van der Waals surface area contributed by atoms with Gasteiger partial charge in [-0.15, -0.1) is 0 Å². The Morgan fingerprint density at radius 2 is 1.89 bits per heavy atom. The number of hydrogen-bond acceptors (Lipinski definition) is 8. The molecule has 0 bridgehead atoms. The fourth-order valence-electron chi connectivity index (χ4n) is 5.89. The standard InChI is InChI=1S/C34H35N7O3/c1-33(2,3)44-32(42)40-34(15-5-16-34)22-8-10-23(11-9-22)41-30(24-6-4-17-37-29(24)35)39-26-13-12-25(38-31(26)41)21-7-14-28-27(20-21)36-18-19-43-28/h4,6-14,17,20,36H,5,15-16,18-19H2,1-3H3,(H2,35,37)(H,40,42). The summed E-state index contributed by atoms with van der Waals surface area (Å²) in [5, 5.41) is 6.55. The third kappa shape index (κ3) is 5.06. The first kappa shape index (κ1) is 27.7. The van der Waals surface area contributed by atoms with E-state index in [-0.39, 0.29) is 0 Å². The predicted molar refractivity (Wildman–Crippen MR) is 171 cm³/mol. The molecule has 1 aliphatic carbocycles. The molecule has 3 aromatic heterocycles. The van der Waals surface area contributed by atoms with Gasteiger partial charge < -0.3 is 25.8 Å². The molecule has 0 unspecified atom stereocenters. The van der Waals surface area contributed by atoms with Crippen LogP contribution in [0.15, 0.2) is 72.9 Å². The maximum absolute atomic E-state index is 12.7. The number of amides is 1. The molecule has 0 spiro atoms. The summed E-state index contributed by atoms with van der Waals surface area (Å²) in [6, 6.07) is 22.0. The summed E-state index contributed by atoms with van der Waals surface area (Å²) in [6.07, 6.45) is 3.99. The van der Waals surface area contributed by atoms with Crippen LogP contribution in [0.1, 0.15) is 45.6 Å². The molecule has 1 fully saturated rings. The Morgan fingerprint density at radius 1 is 1.07 bits per heavy atom. The number of nitrogen functional groups attached to an aromatic ring is 1. The zero-order valence-electron chi connectivity index (χ0n) is 25.1. The van der Waals surface area contributed by atoms with Crippen LogP contribution in [-0.2, 0) is 10.3 Å². The van der Waals surface area contributed by atoms with Crippen molar-refractivity contribution in [1.82, 2.24) is 24.8 Å². The van der Waals surface area contributed by atoms with E-state index in [9.17, 15) is 4.79 Å². The summed E-state index contributed by atoms with van der Waals surface area (Å²) in [5.74, 6) is 1.87. The Bertz CT molecular complexity index is 1870. The van der Waals surface area contributed by atoms with Gasteiger partial charge in [-0.05, 0) is 100 Å². The minimum Gasteiger partial charge on any atom is -0.490 e. The van der Waals surface area contributed by atoms with E-state index in [1.807, 2.05) is 73.9 Å². The molecule has 4 heterocycles. The number of rotatable bonds is 5. The van der Waals surface area contributed by atoms with Gasteiger partial charge in [-0.1, -0.05) is 12.1 Å². The first-order chi connectivity index (χ1) is 21.2. The fourth-order valence-corrected chi connectivity index (χ4v) is 5.89. The number of alkyl carbamates (subject to hydrolysis) is 1. The topological polar surface area (TPSA) is 129 Å². The van der Waals surface area contributed by atoms with Crippen LogP contribution in [-0.4, -0.2) is 44.4 Å². The second-order valence-electron chi connectivity index (χ2n) is 12.3. The predicted octanol–water partition coefficient (Wildman–Crippen LogP) is 6.44. The number of fused-ring (bicyclic) bond motifs is 2. The van der Waals surface area contributed by atoms with Crippen LogP contribution in [0.2, 0.25) is 0 Å². The molecule has 5 aromatic rings. The highest BCUT2D eigenvalue weighted by molar-refractivity contribution is 5.85. The molecule has 2 aromatic carbocycles. The van der Waals surface area contributed by atoms with Crippen molar-refractivity contribution in [2.45, 2.75) is 51.2 Å². The molecule has 0 atom stereocenters. The smallest absolute Gasteiger partial charge is 0.408 e. The molecular weight excluding hydrogens is 554 g/mol. The van der Waals surface area contributed by atoms with Gasteiger partial charge in [-0.2, -0.15) is 0 Å². The van der Waals surface area contributed by atoms with Crippen molar-refractivity contribution < 1.29 is 14.3 Å². The van der Waals surface area contributed by atoms with Crippen LogP contribution in [0, 0.1) is 0 Å². The number of nitrogens with one attached hydrogen (secondary N) is 2. The highest BCUT2D eigenvalue weighted by atomic mass is 16.6. The summed E-state index contributed by atoms with van der Waals surface area (Å²) >= 11 is 0. The highest BCUT2D eigenvalue weighted by Gasteiger charge is 2.41. The maximum atomic E-state index is 12.7. The Labute approximate surface area is 255 Å². The molecule has 1 saturated carbocycles. The van der Waals surface area contributed by atoms with E-state index in [0.717, 1.165) is 65.3 Å². The van der Waals surface area contributed by atoms with Gasteiger partial charge in [-0.3, -0.25) is 4.57 Å². The van der Waals surface area contributed by atoms with Crippen molar-refractivity contribution in [3.05, 3.63) is 78.5 Å². The summed E-state index contributed by atoms with van der Waals surface area (Å²) in [5.41, 5.74) is 12.1. The first-order valence-corrected chi connectivity index (χ1v) is 14.9. The van der Waals surface area contributed by atoms with Gasteiger partial charge in [0.15, 0.2) is 11.5 Å². The minimum absolute atomic E-state index is 0.386. The van der Waals surface area contributed by atoms with Crippen LogP contribution in [0.5, 0.6) is 5.75 Å². The molecule has 2 aliphatic rings. The molecular formula is C34H35N7O3. The molecule has 44 heavy (non-hydrogen) atoms. The Balaban J connectivity index is 1.31. The monoisotopic (exact) mass is 589 g/mol. The number of benzene rings is 2. The summed E-state index contributed by atoms with van der Waals surface area (Å²) in [4.78, 5) is 27.1. The number of carbonyl (C=O) groups is 1. The average molecular weight is 590 g/mol. The van der Waals surface area contributed by atoms with Crippen LogP contribution >= 0.6 is 0 Å². The third-order valence-electron chi connectivity index (χ3n) is 8.16. The largest absolute Gasteiger partial charge is 0.490 e. The van der Waals surface area contributed by atoms with Crippen LogP contribution in [0.4, 0.5) is 16.3 Å². The Kier molecular flexibility index (Phi) is 6.64. The Morgan fingerprint density at radius 3 is 2.61 bits per heavy atom. The summed E-state index contributed by atoms with van der Waals surface area (Å²) < 4.78 is 13.4. The molecule has 224 valence electrons. The van der Waals surface area contributed by atoms with Gasteiger partial charge in [0.25, 0.3) is 0 Å². The number of aromatic nitrogens is 4. The van der Waals surface area contributed by atoms with Crippen molar-refractivity contribution in [3.8, 4) is 34.1 Å². The number of carbonyl (C=O) groups excluding carboxylic acids is 1. The van der Waals surface area contributed by atoms with E-state index in [2.05, 4.69) is 33.8 Å². The number of nitrogens with zero attached hydrogens (tertiary/aromatic N) is 4. The second-order valence-corrected chi connectivity index (χ2v) is 12.3. The van der Waals surface area contributed by atoms with Crippen molar-refractivity contribution in [3.63, 3.8) is 0 Å². The SMILES string of the molecule is CC(C)(C)OC(=O)NC1(c2ccc(-n3c(-c4cccnc4N)nc4ccc(-c5ccc6c(c5)NCCO6)nc43)cc2)CCC1. The van der Waals surface area contributed by atoms with Crippen molar-refractivity contribution in [1.29, 1.82) is 0 Å². The van der Waals surface area contributed by atoms with E-state index in [0.29, 0.717) is 29.5 Å². The van der Waals surface area contributed by atoms with Gasteiger partial charge >= 0.3 is 6.09 Å². The number of hydrogen-bond donors (Lipinski definition) is 3. The molecule has 10 nitrogen and oxygen atoms in total. The summed E-state index contributed by atoms with van der Waals surface area (Å²) in [6.45, 7) is 7.01. The molecule has 7 rings (SSSR count). The fraction of sp³-hybridized carbons (Fsp3) is 0.294. The zero-order valence-corrected chi connectivity index (χ0v) is 25.1. The zero-order chi connectivity index (χ0) is 30.5. The molecule has 0 saturated heterocycles. The number of imidazole rings is 1. The van der Waals surface area contributed by atoms with E-state index in [4.69, 9.17) is 25.2 Å². The number of pyridine rings is 2. The van der Waals surface area contributed by atoms with Gasteiger partial charge in [-0.25, -0.2) is 19.7 Å². The minimum atomic E-state index is -0.568. The van der Waals surface area contributed by atoms with Crippen molar-refractivity contribution >= 4 is 28.8 Å². The van der Waals surface area contributed by atoms with Crippen molar-refractivity contribution in [2.24, 2.45) is 0 Å². The maximum Gasteiger partial charge on any atom is 0.408 e. The van der Waals surface area contributed by atoms with Crippen molar-refractivity contribution in [2.75, 3.05) is 24.2 Å². The lowest BCUT2D eigenvalue weighted by Gasteiger charge is -2.43. The van der Waals surface area contributed by atoms with Crippen LogP contribution < -0.4 is 21.1 Å². The van der Waals surface area contributed by atoms with E-state index < -0.39 is 17.2 Å². The third-order valence-corrected chi connectivity index (χ3v) is 8.16. The van der Waals surface area contributed by atoms with E-state index in [1.54, 1.807) is 6.20 Å². The lowest BCUT2D eigenvalue weighted by atomic mass is 9.72. The van der Waals surface area contributed by atoms with E-state index >= 15 is 0 Å². The van der Waals surface area contributed by atoms with Gasteiger partial charge in [0.2, 0.25) is 0 Å². The first-order valence-electron chi connectivity index (χ1n) is 14.9. The lowest BCUT2D eigenvalue weighted by Crippen LogP contribution is -2.52.